The summed E-state index contributed by atoms with van der Waals surface area (Å²) in [6, 6.07) is 16.8. The number of hydrogen-bond acceptors (Lipinski definition) is 4. The molecule has 2 aromatic carbocycles. The van der Waals surface area contributed by atoms with E-state index in [1.807, 2.05) is 25.2 Å². The van der Waals surface area contributed by atoms with Crippen molar-refractivity contribution in [1.29, 1.82) is 0 Å². The molecule has 0 heterocycles. The summed E-state index contributed by atoms with van der Waals surface area (Å²) in [4.78, 5) is 14.3. The number of amides is 1. The summed E-state index contributed by atoms with van der Waals surface area (Å²) in [7, 11) is -1.04. The zero-order valence-electron chi connectivity index (χ0n) is 14.6. The van der Waals surface area contributed by atoms with Crippen LogP contribution >= 0.6 is 0 Å². The number of nitrogens with one attached hydrogen (secondary N) is 1. The first-order chi connectivity index (χ1) is 11.8. The van der Waals surface area contributed by atoms with Crippen molar-refractivity contribution in [3.8, 4) is 0 Å². The normalized spacial score (nSPS) is 11.1. The Kier molecular flexibility index (Phi) is 6.58. The Morgan fingerprint density at radius 1 is 1.04 bits per heavy atom. The van der Waals surface area contributed by atoms with Gasteiger partial charge in [0.1, 0.15) is 0 Å². The van der Waals surface area contributed by atoms with Gasteiger partial charge in [-0.05, 0) is 36.2 Å². The maximum Gasteiger partial charge on any atom is 0.251 e. The fourth-order valence-corrected chi connectivity index (χ4v) is 3.28. The highest BCUT2D eigenvalue weighted by Gasteiger charge is 2.08. The summed E-state index contributed by atoms with van der Waals surface area (Å²) in [5.74, 6) is -0.158. The Morgan fingerprint density at radius 2 is 1.68 bits per heavy atom. The fourth-order valence-electron chi connectivity index (χ4n) is 2.49. The maximum atomic E-state index is 12.1. The van der Waals surface area contributed by atoms with Gasteiger partial charge in [0.15, 0.2) is 9.84 Å². The number of benzene rings is 2. The standard InChI is InChI=1S/C19H24N2O3S/c1-21(18-7-4-3-5-8-18)14-6-13-20-19(22)17-11-9-16(10-12-17)15-25(2,23)24/h3-5,7-12H,6,13-15H2,1-2H3,(H,20,22). The Bertz CT molecular complexity index is 787. The summed E-state index contributed by atoms with van der Waals surface area (Å²) in [5.41, 5.74) is 2.37. The van der Waals surface area contributed by atoms with E-state index in [-0.39, 0.29) is 11.7 Å². The molecule has 2 rings (SSSR count). The van der Waals surface area contributed by atoms with E-state index >= 15 is 0 Å². The van der Waals surface area contributed by atoms with Gasteiger partial charge in [-0.2, -0.15) is 0 Å². The van der Waals surface area contributed by atoms with Gasteiger partial charge in [0.25, 0.3) is 5.91 Å². The molecule has 0 aliphatic carbocycles. The first kappa shape index (κ1) is 19.0. The number of hydrogen-bond donors (Lipinski definition) is 1. The monoisotopic (exact) mass is 360 g/mol. The number of carbonyl (C=O) groups is 1. The van der Waals surface area contributed by atoms with E-state index in [0.717, 1.165) is 18.7 Å². The van der Waals surface area contributed by atoms with Crippen LogP contribution in [-0.2, 0) is 15.6 Å². The minimum Gasteiger partial charge on any atom is -0.375 e. The second kappa shape index (κ2) is 8.67. The molecule has 0 saturated heterocycles. The quantitative estimate of drug-likeness (QED) is 0.735. The van der Waals surface area contributed by atoms with Gasteiger partial charge in [-0.3, -0.25) is 4.79 Å². The second-order valence-corrected chi connectivity index (χ2v) is 8.27. The van der Waals surface area contributed by atoms with Gasteiger partial charge in [-0.1, -0.05) is 30.3 Å². The van der Waals surface area contributed by atoms with E-state index in [1.165, 1.54) is 6.26 Å². The second-order valence-electron chi connectivity index (χ2n) is 6.13. The number of carbonyl (C=O) groups excluding carboxylic acids is 1. The summed E-state index contributed by atoms with van der Waals surface area (Å²) in [6.45, 7) is 1.43. The maximum absolute atomic E-state index is 12.1. The Labute approximate surface area is 149 Å². The van der Waals surface area contributed by atoms with Crippen LogP contribution in [0, 0.1) is 0 Å². The predicted octanol–water partition coefficient (Wildman–Crippen LogP) is 2.49. The highest BCUT2D eigenvalue weighted by atomic mass is 32.2. The van der Waals surface area contributed by atoms with Crippen LogP contribution < -0.4 is 10.2 Å². The summed E-state index contributed by atoms with van der Waals surface area (Å²) in [5, 5.41) is 2.89. The molecule has 5 nitrogen and oxygen atoms in total. The SMILES string of the molecule is CN(CCCNC(=O)c1ccc(CS(C)(=O)=O)cc1)c1ccccc1. The third kappa shape index (κ3) is 6.58. The van der Waals surface area contributed by atoms with Gasteiger partial charge < -0.3 is 10.2 Å². The van der Waals surface area contributed by atoms with Crippen molar-refractivity contribution >= 4 is 21.4 Å². The van der Waals surface area contributed by atoms with Crippen LogP contribution in [0.5, 0.6) is 0 Å². The van der Waals surface area contributed by atoms with Gasteiger partial charge in [-0.25, -0.2) is 8.42 Å². The Morgan fingerprint density at radius 3 is 2.28 bits per heavy atom. The molecule has 6 heteroatoms. The number of anilines is 1. The van der Waals surface area contributed by atoms with Crippen LogP contribution in [0.4, 0.5) is 5.69 Å². The molecule has 0 aliphatic heterocycles. The van der Waals surface area contributed by atoms with Gasteiger partial charge in [0.05, 0.1) is 5.75 Å². The molecule has 25 heavy (non-hydrogen) atoms. The zero-order valence-corrected chi connectivity index (χ0v) is 15.4. The highest BCUT2D eigenvalue weighted by molar-refractivity contribution is 7.89. The predicted molar refractivity (Wildman–Crippen MR) is 102 cm³/mol. The van der Waals surface area contributed by atoms with Crippen molar-refractivity contribution in [3.05, 3.63) is 65.7 Å². The van der Waals surface area contributed by atoms with Gasteiger partial charge in [-0.15, -0.1) is 0 Å². The van der Waals surface area contributed by atoms with E-state index in [4.69, 9.17) is 0 Å². The van der Waals surface area contributed by atoms with Crippen molar-refractivity contribution < 1.29 is 13.2 Å². The lowest BCUT2D eigenvalue weighted by molar-refractivity contribution is 0.0953. The average molecular weight is 360 g/mol. The van der Waals surface area contributed by atoms with Crippen LogP contribution in [-0.4, -0.2) is 40.7 Å². The average Bonchev–Trinajstić information content (AvgIpc) is 2.58. The molecular formula is C19H24N2O3S. The van der Waals surface area contributed by atoms with Crippen molar-refractivity contribution in [3.63, 3.8) is 0 Å². The van der Waals surface area contributed by atoms with Crippen LogP contribution in [0.3, 0.4) is 0 Å². The third-order valence-corrected chi connectivity index (χ3v) is 4.66. The van der Waals surface area contributed by atoms with Crippen molar-refractivity contribution in [2.45, 2.75) is 12.2 Å². The number of rotatable bonds is 8. The molecule has 0 radical (unpaired) electrons. The minimum atomic E-state index is -3.06. The summed E-state index contributed by atoms with van der Waals surface area (Å²) < 4.78 is 22.5. The van der Waals surface area contributed by atoms with Crippen LogP contribution in [0.25, 0.3) is 0 Å². The van der Waals surface area contributed by atoms with Crippen LogP contribution in [0.2, 0.25) is 0 Å². The molecule has 0 aliphatic rings. The summed E-state index contributed by atoms with van der Waals surface area (Å²) >= 11 is 0. The molecule has 2 aromatic rings. The number of sulfone groups is 1. The topological polar surface area (TPSA) is 66.5 Å². The van der Waals surface area contributed by atoms with E-state index in [0.29, 0.717) is 17.7 Å². The van der Waals surface area contributed by atoms with Gasteiger partial charge in [0, 0.05) is 37.6 Å². The van der Waals surface area contributed by atoms with E-state index in [2.05, 4.69) is 22.3 Å². The Hall–Kier alpha value is -2.34. The molecule has 0 unspecified atom stereocenters. The number of nitrogens with zero attached hydrogens (tertiary/aromatic N) is 1. The lowest BCUT2D eigenvalue weighted by Gasteiger charge is -2.19. The largest absolute Gasteiger partial charge is 0.375 e. The molecule has 1 amide bonds. The first-order valence-electron chi connectivity index (χ1n) is 8.16. The van der Waals surface area contributed by atoms with Crippen molar-refractivity contribution in [2.24, 2.45) is 0 Å². The minimum absolute atomic E-state index is 0.0132. The summed E-state index contributed by atoms with van der Waals surface area (Å²) in [6.07, 6.45) is 2.03. The van der Waals surface area contributed by atoms with Crippen molar-refractivity contribution in [1.82, 2.24) is 5.32 Å². The molecule has 0 saturated carbocycles. The van der Waals surface area contributed by atoms with Gasteiger partial charge >= 0.3 is 0 Å². The molecule has 0 atom stereocenters. The van der Waals surface area contributed by atoms with E-state index < -0.39 is 9.84 Å². The highest BCUT2D eigenvalue weighted by Crippen LogP contribution is 2.11. The molecule has 1 N–H and O–H groups in total. The van der Waals surface area contributed by atoms with Crippen molar-refractivity contribution in [2.75, 3.05) is 31.3 Å². The van der Waals surface area contributed by atoms with E-state index in [1.54, 1.807) is 24.3 Å². The molecule has 0 spiro atoms. The van der Waals surface area contributed by atoms with Gasteiger partial charge in [0.2, 0.25) is 0 Å². The molecule has 0 aromatic heterocycles. The van der Waals surface area contributed by atoms with Crippen LogP contribution in [0.1, 0.15) is 22.3 Å². The smallest absolute Gasteiger partial charge is 0.251 e. The molecule has 0 fully saturated rings. The first-order valence-corrected chi connectivity index (χ1v) is 10.2. The third-order valence-electron chi connectivity index (χ3n) is 3.80. The fraction of sp³-hybridized carbons (Fsp3) is 0.316. The lowest BCUT2D eigenvalue weighted by Crippen LogP contribution is -2.28. The zero-order chi connectivity index (χ0) is 18.3. The lowest BCUT2D eigenvalue weighted by atomic mass is 10.1. The van der Waals surface area contributed by atoms with E-state index in [9.17, 15) is 13.2 Å². The molecular weight excluding hydrogens is 336 g/mol. The number of para-hydroxylation sites is 1. The Balaban J connectivity index is 1.76. The molecule has 134 valence electrons. The van der Waals surface area contributed by atoms with Crippen LogP contribution in [0.15, 0.2) is 54.6 Å². The molecule has 0 bridgehead atoms.